The molecule has 94 valence electrons. The van der Waals surface area contributed by atoms with Crippen LogP contribution in [0.5, 0.6) is 0 Å². The van der Waals surface area contributed by atoms with E-state index in [0.717, 1.165) is 39.0 Å². The number of rotatable bonds is 5. The largest absolute Gasteiger partial charge is 0.366 e. The lowest BCUT2D eigenvalue weighted by Crippen LogP contribution is -2.49. The molecule has 0 radical (unpaired) electrons. The van der Waals surface area contributed by atoms with Gasteiger partial charge in [0.25, 0.3) is 0 Å². The Morgan fingerprint density at radius 3 is 2.94 bits per heavy atom. The molecule has 0 aliphatic carbocycles. The fourth-order valence-electron chi connectivity index (χ4n) is 2.26. The van der Waals surface area contributed by atoms with Gasteiger partial charge in [0, 0.05) is 45.7 Å². The summed E-state index contributed by atoms with van der Waals surface area (Å²) in [4.78, 5) is 6.55. The molecule has 17 heavy (non-hydrogen) atoms. The number of aromatic nitrogens is 1. The maximum absolute atomic E-state index is 5.59. The highest BCUT2D eigenvalue weighted by atomic mass is 16.5. The maximum Gasteiger partial charge on any atom is 0.110 e. The third-order valence-electron chi connectivity index (χ3n) is 3.23. The number of ether oxygens (including phenoxy) is 1. The Bertz CT molecular complexity index is 312. The van der Waals surface area contributed by atoms with E-state index < -0.39 is 0 Å². The van der Waals surface area contributed by atoms with Gasteiger partial charge in [0.15, 0.2) is 0 Å². The minimum atomic E-state index is 0.234. The number of hydrogen-bond acceptors (Lipinski definition) is 4. The van der Waals surface area contributed by atoms with Crippen molar-refractivity contribution < 1.29 is 4.74 Å². The van der Waals surface area contributed by atoms with Gasteiger partial charge in [0.05, 0.1) is 0 Å². The quantitative estimate of drug-likeness (QED) is 0.822. The highest BCUT2D eigenvalue weighted by molar-refractivity contribution is 5.08. The van der Waals surface area contributed by atoms with Gasteiger partial charge < -0.3 is 10.1 Å². The van der Waals surface area contributed by atoms with Crippen molar-refractivity contribution in [1.29, 1.82) is 0 Å². The highest BCUT2D eigenvalue weighted by Crippen LogP contribution is 2.10. The third kappa shape index (κ3) is 3.77. The van der Waals surface area contributed by atoms with Crippen LogP contribution in [0.3, 0.4) is 0 Å². The molecule has 4 nitrogen and oxygen atoms in total. The van der Waals surface area contributed by atoms with E-state index in [-0.39, 0.29) is 6.23 Å². The lowest BCUT2D eigenvalue weighted by atomic mass is 10.1. The minimum Gasteiger partial charge on any atom is -0.366 e. The van der Waals surface area contributed by atoms with E-state index in [2.05, 4.69) is 21.3 Å². The molecule has 1 aromatic rings. The zero-order valence-corrected chi connectivity index (χ0v) is 10.4. The second kappa shape index (κ2) is 6.69. The van der Waals surface area contributed by atoms with Crippen LogP contribution in [0.15, 0.2) is 24.5 Å². The molecule has 0 aromatic carbocycles. The lowest BCUT2D eigenvalue weighted by Gasteiger charge is -2.33. The molecule has 1 saturated heterocycles. The summed E-state index contributed by atoms with van der Waals surface area (Å²) >= 11 is 0. The van der Waals surface area contributed by atoms with Crippen molar-refractivity contribution >= 4 is 0 Å². The van der Waals surface area contributed by atoms with Crippen molar-refractivity contribution in [3.63, 3.8) is 0 Å². The van der Waals surface area contributed by atoms with Crippen LogP contribution in [0.1, 0.15) is 12.0 Å². The van der Waals surface area contributed by atoms with Crippen molar-refractivity contribution in [2.24, 2.45) is 0 Å². The van der Waals surface area contributed by atoms with Gasteiger partial charge in [0.1, 0.15) is 6.23 Å². The summed E-state index contributed by atoms with van der Waals surface area (Å²) < 4.78 is 5.59. The zero-order valence-electron chi connectivity index (χ0n) is 10.4. The number of nitrogens with zero attached hydrogens (tertiary/aromatic N) is 2. The molecule has 1 aliphatic heterocycles. The molecular formula is C13H21N3O. The van der Waals surface area contributed by atoms with Gasteiger partial charge in [0.2, 0.25) is 0 Å². The SMILES string of the molecule is COC(CCc1cccnc1)N1CCNCC1. The van der Waals surface area contributed by atoms with E-state index in [4.69, 9.17) is 4.74 Å². The second-order valence-electron chi connectivity index (χ2n) is 4.38. The molecule has 0 saturated carbocycles. The van der Waals surface area contributed by atoms with E-state index in [1.54, 1.807) is 7.11 Å². The van der Waals surface area contributed by atoms with Gasteiger partial charge >= 0.3 is 0 Å². The molecule has 1 aliphatic rings. The summed E-state index contributed by atoms with van der Waals surface area (Å²) in [7, 11) is 1.80. The van der Waals surface area contributed by atoms with Gasteiger partial charge in [-0.1, -0.05) is 6.07 Å². The maximum atomic E-state index is 5.59. The van der Waals surface area contributed by atoms with Crippen molar-refractivity contribution in [2.75, 3.05) is 33.3 Å². The predicted molar refractivity (Wildman–Crippen MR) is 67.8 cm³/mol. The number of piperazine rings is 1. The van der Waals surface area contributed by atoms with Crippen LogP contribution in [-0.2, 0) is 11.2 Å². The van der Waals surface area contributed by atoms with Gasteiger partial charge in [-0.25, -0.2) is 0 Å². The summed E-state index contributed by atoms with van der Waals surface area (Å²) in [5, 5.41) is 3.36. The summed E-state index contributed by atoms with van der Waals surface area (Å²) in [5.41, 5.74) is 1.28. The van der Waals surface area contributed by atoms with E-state index in [0.29, 0.717) is 0 Å². The van der Waals surface area contributed by atoms with Crippen molar-refractivity contribution in [3.8, 4) is 0 Å². The molecule has 1 fully saturated rings. The Hall–Kier alpha value is -0.970. The summed E-state index contributed by atoms with van der Waals surface area (Å²) in [6, 6.07) is 4.11. The van der Waals surface area contributed by atoms with Crippen molar-refractivity contribution in [1.82, 2.24) is 15.2 Å². The first-order chi connectivity index (χ1) is 8.40. The highest BCUT2D eigenvalue weighted by Gasteiger charge is 2.19. The number of pyridine rings is 1. The van der Waals surface area contributed by atoms with Crippen LogP contribution < -0.4 is 5.32 Å². The third-order valence-corrected chi connectivity index (χ3v) is 3.23. The molecule has 1 aromatic heterocycles. The second-order valence-corrected chi connectivity index (χ2v) is 4.38. The number of nitrogens with one attached hydrogen (secondary N) is 1. The fraction of sp³-hybridized carbons (Fsp3) is 0.615. The normalized spacial score (nSPS) is 19.1. The molecule has 4 heteroatoms. The molecule has 0 amide bonds. The van der Waals surface area contributed by atoms with E-state index in [9.17, 15) is 0 Å². The summed E-state index contributed by atoms with van der Waals surface area (Å²) in [6.07, 6.45) is 6.04. The Morgan fingerprint density at radius 2 is 2.29 bits per heavy atom. The van der Waals surface area contributed by atoms with Crippen LogP contribution in [0.4, 0.5) is 0 Å². The Morgan fingerprint density at radius 1 is 1.47 bits per heavy atom. The fourth-order valence-corrected chi connectivity index (χ4v) is 2.26. The van der Waals surface area contributed by atoms with Crippen LogP contribution in [0, 0.1) is 0 Å². The number of aryl methyl sites for hydroxylation is 1. The van der Waals surface area contributed by atoms with Crippen LogP contribution in [0.2, 0.25) is 0 Å². The monoisotopic (exact) mass is 235 g/mol. The van der Waals surface area contributed by atoms with Gasteiger partial charge in [-0.3, -0.25) is 9.88 Å². The molecular weight excluding hydrogens is 214 g/mol. The van der Waals surface area contributed by atoms with E-state index in [1.807, 2.05) is 18.5 Å². The first kappa shape index (κ1) is 12.5. The summed E-state index contributed by atoms with van der Waals surface area (Å²) in [6.45, 7) is 4.27. The average Bonchev–Trinajstić information content (AvgIpc) is 2.42. The first-order valence-electron chi connectivity index (χ1n) is 6.26. The molecule has 2 rings (SSSR count). The molecule has 0 bridgehead atoms. The van der Waals surface area contributed by atoms with Crippen molar-refractivity contribution in [3.05, 3.63) is 30.1 Å². The summed E-state index contributed by atoms with van der Waals surface area (Å²) in [5.74, 6) is 0. The molecule has 2 heterocycles. The number of hydrogen-bond donors (Lipinski definition) is 1. The van der Waals surface area contributed by atoms with Gasteiger partial charge in [-0.15, -0.1) is 0 Å². The zero-order chi connectivity index (χ0) is 11.9. The Balaban J connectivity index is 1.82. The van der Waals surface area contributed by atoms with E-state index in [1.165, 1.54) is 5.56 Å². The van der Waals surface area contributed by atoms with Crippen LogP contribution in [-0.4, -0.2) is 49.4 Å². The van der Waals surface area contributed by atoms with Gasteiger partial charge in [-0.05, 0) is 24.5 Å². The molecule has 1 unspecified atom stereocenters. The standard InChI is InChI=1S/C13H21N3O/c1-17-13(16-9-7-14-8-10-16)5-4-12-3-2-6-15-11-12/h2-3,6,11,13-14H,4-5,7-10H2,1H3. The number of methoxy groups -OCH3 is 1. The van der Waals surface area contributed by atoms with Crippen LogP contribution in [0.25, 0.3) is 0 Å². The average molecular weight is 235 g/mol. The lowest BCUT2D eigenvalue weighted by molar-refractivity contribution is -0.0423. The predicted octanol–water partition coefficient (Wildman–Crippen LogP) is 0.892. The van der Waals surface area contributed by atoms with Crippen LogP contribution >= 0.6 is 0 Å². The van der Waals surface area contributed by atoms with Gasteiger partial charge in [-0.2, -0.15) is 0 Å². The molecule has 1 N–H and O–H groups in total. The van der Waals surface area contributed by atoms with E-state index >= 15 is 0 Å². The Labute approximate surface area is 103 Å². The molecule has 1 atom stereocenters. The smallest absolute Gasteiger partial charge is 0.110 e. The minimum absolute atomic E-state index is 0.234. The first-order valence-corrected chi connectivity index (χ1v) is 6.26. The van der Waals surface area contributed by atoms with Crippen molar-refractivity contribution in [2.45, 2.75) is 19.1 Å². The molecule has 0 spiro atoms. The topological polar surface area (TPSA) is 37.4 Å². The Kier molecular flexibility index (Phi) is 4.91.